The zero-order valence-electron chi connectivity index (χ0n) is 13.5. The van der Waals surface area contributed by atoms with Crippen molar-refractivity contribution in [2.45, 2.75) is 4.90 Å². The SMILES string of the molecule is O=C(CSc1ccc(Cl)cc1)Nc1cccc(Cl)c1N1CCOCC1. The Bertz CT molecular complexity index is 734. The van der Waals surface area contributed by atoms with Crippen molar-refractivity contribution in [2.24, 2.45) is 0 Å². The van der Waals surface area contributed by atoms with Gasteiger partial charge in [0.2, 0.25) is 5.91 Å². The highest BCUT2D eigenvalue weighted by Gasteiger charge is 2.19. The molecule has 0 spiro atoms. The van der Waals surface area contributed by atoms with Gasteiger partial charge in [-0.2, -0.15) is 0 Å². The number of nitrogens with zero attached hydrogens (tertiary/aromatic N) is 1. The number of hydrogen-bond donors (Lipinski definition) is 1. The quantitative estimate of drug-likeness (QED) is 0.751. The Morgan fingerprint density at radius 2 is 1.84 bits per heavy atom. The first-order valence-electron chi connectivity index (χ1n) is 7.93. The summed E-state index contributed by atoms with van der Waals surface area (Å²) in [4.78, 5) is 15.5. The molecule has 2 aromatic carbocycles. The molecule has 0 unspecified atom stereocenters. The molecule has 2 aromatic rings. The predicted molar refractivity (Wildman–Crippen MR) is 105 cm³/mol. The number of carbonyl (C=O) groups is 1. The summed E-state index contributed by atoms with van der Waals surface area (Å²) in [7, 11) is 0. The Labute approximate surface area is 161 Å². The van der Waals surface area contributed by atoms with Gasteiger partial charge in [0.15, 0.2) is 0 Å². The highest BCUT2D eigenvalue weighted by molar-refractivity contribution is 8.00. The molecule has 1 aliphatic rings. The summed E-state index contributed by atoms with van der Waals surface area (Å²) in [6.45, 7) is 2.83. The van der Waals surface area contributed by atoms with Crippen LogP contribution in [0.2, 0.25) is 10.0 Å². The monoisotopic (exact) mass is 396 g/mol. The van der Waals surface area contributed by atoms with E-state index in [0.717, 1.165) is 29.4 Å². The van der Waals surface area contributed by atoms with Gasteiger partial charge in [0, 0.05) is 23.0 Å². The first-order chi connectivity index (χ1) is 12.1. The molecule has 1 amide bonds. The molecule has 1 saturated heterocycles. The zero-order valence-corrected chi connectivity index (χ0v) is 15.8. The number of carbonyl (C=O) groups excluding carboxylic acids is 1. The van der Waals surface area contributed by atoms with Gasteiger partial charge < -0.3 is 15.0 Å². The topological polar surface area (TPSA) is 41.6 Å². The molecule has 25 heavy (non-hydrogen) atoms. The highest BCUT2D eigenvalue weighted by Crippen LogP contribution is 2.34. The number of hydrogen-bond acceptors (Lipinski definition) is 4. The number of morpholine rings is 1. The summed E-state index contributed by atoms with van der Waals surface area (Å²) in [5.74, 6) is 0.244. The van der Waals surface area contributed by atoms with E-state index >= 15 is 0 Å². The third kappa shape index (κ3) is 5.05. The summed E-state index contributed by atoms with van der Waals surface area (Å²) < 4.78 is 5.39. The maximum absolute atomic E-state index is 12.4. The molecule has 1 aliphatic heterocycles. The van der Waals surface area contributed by atoms with Gasteiger partial charge in [-0.3, -0.25) is 4.79 Å². The maximum Gasteiger partial charge on any atom is 0.234 e. The number of benzene rings is 2. The minimum Gasteiger partial charge on any atom is -0.378 e. The van der Waals surface area contributed by atoms with Crippen molar-refractivity contribution in [3.05, 3.63) is 52.5 Å². The van der Waals surface area contributed by atoms with E-state index in [1.807, 2.05) is 42.5 Å². The molecule has 0 atom stereocenters. The molecule has 1 heterocycles. The molecule has 0 bridgehead atoms. The second-order valence-corrected chi connectivity index (χ2v) is 7.42. The Morgan fingerprint density at radius 3 is 2.56 bits per heavy atom. The summed E-state index contributed by atoms with van der Waals surface area (Å²) >= 11 is 13.7. The number of anilines is 2. The Morgan fingerprint density at radius 1 is 1.12 bits per heavy atom. The van der Waals surface area contributed by atoms with Gasteiger partial charge in [-0.1, -0.05) is 29.3 Å². The van der Waals surface area contributed by atoms with Gasteiger partial charge in [-0.15, -0.1) is 11.8 Å². The lowest BCUT2D eigenvalue weighted by atomic mass is 10.2. The lowest BCUT2D eigenvalue weighted by Gasteiger charge is -2.31. The van der Waals surface area contributed by atoms with E-state index in [-0.39, 0.29) is 5.91 Å². The predicted octanol–water partition coefficient (Wildman–Crippen LogP) is 4.56. The van der Waals surface area contributed by atoms with Crippen LogP contribution in [-0.2, 0) is 9.53 Å². The number of thioether (sulfide) groups is 1. The number of para-hydroxylation sites is 1. The van der Waals surface area contributed by atoms with Crippen molar-refractivity contribution in [3.63, 3.8) is 0 Å². The molecular weight excluding hydrogens is 379 g/mol. The van der Waals surface area contributed by atoms with Crippen molar-refractivity contribution >= 4 is 52.2 Å². The van der Waals surface area contributed by atoms with Gasteiger partial charge in [0.1, 0.15) is 0 Å². The van der Waals surface area contributed by atoms with E-state index in [1.54, 1.807) is 0 Å². The van der Waals surface area contributed by atoms with E-state index in [0.29, 0.717) is 29.0 Å². The van der Waals surface area contributed by atoms with Crippen LogP contribution in [0.3, 0.4) is 0 Å². The lowest BCUT2D eigenvalue weighted by Crippen LogP contribution is -2.37. The lowest BCUT2D eigenvalue weighted by molar-refractivity contribution is -0.113. The van der Waals surface area contributed by atoms with Gasteiger partial charge >= 0.3 is 0 Å². The summed E-state index contributed by atoms with van der Waals surface area (Å²) in [6, 6.07) is 13.0. The van der Waals surface area contributed by atoms with E-state index in [4.69, 9.17) is 27.9 Å². The molecule has 0 saturated carbocycles. The smallest absolute Gasteiger partial charge is 0.234 e. The van der Waals surface area contributed by atoms with Crippen molar-refractivity contribution in [1.82, 2.24) is 0 Å². The molecular formula is C18H18Cl2N2O2S. The third-order valence-corrected chi connectivity index (χ3v) is 5.34. The maximum atomic E-state index is 12.4. The zero-order chi connectivity index (χ0) is 17.6. The van der Waals surface area contributed by atoms with Crippen LogP contribution in [0, 0.1) is 0 Å². The summed E-state index contributed by atoms with van der Waals surface area (Å²) in [6.07, 6.45) is 0. The van der Waals surface area contributed by atoms with Crippen LogP contribution in [0.1, 0.15) is 0 Å². The van der Waals surface area contributed by atoms with Crippen LogP contribution in [0.4, 0.5) is 11.4 Å². The molecule has 0 aromatic heterocycles. The van der Waals surface area contributed by atoms with Crippen molar-refractivity contribution in [1.29, 1.82) is 0 Å². The van der Waals surface area contributed by atoms with Crippen LogP contribution < -0.4 is 10.2 Å². The summed E-state index contributed by atoms with van der Waals surface area (Å²) in [5, 5.41) is 4.29. The molecule has 0 aliphatic carbocycles. The Hall–Kier alpha value is -1.40. The molecule has 1 fully saturated rings. The molecule has 0 radical (unpaired) electrons. The fraction of sp³-hybridized carbons (Fsp3) is 0.278. The minimum atomic E-state index is -0.0725. The van der Waals surface area contributed by atoms with Crippen LogP contribution in [0.25, 0.3) is 0 Å². The molecule has 132 valence electrons. The average molecular weight is 397 g/mol. The van der Waals surface area contributed by atoms with Crippen LogP contribution >= 0.6 is 35.0 Å². The van der Waals surface area contributed by atoms with Gasteiger partial charge in [0.05, 0.1) is 35.4 Å². The van der Waals surface area contributed by atoms with Gasteiger partial charge in [-0.05, 0) is 36.4 Å². The number of ether oxygens (including phenoxy) is 1. The standard InChI is InChI=1S/C18H18Cl2N2O2S/c19-13-4-6-14(7-5-13)25-12-17(23)21-16-3-1-2-15(20)18(16)22-8-10-24-11-9-22/h1-7H,8-12H2,(H,21,23). The number of amides is 1. The normalized spacial score (nSPS) is 14.4. The fourth-order valence-electron chi connectivity index (χ4n) is 2.59. The third-order valence-electron chi connectivity index (χ3n) is 3.77. The van der Waals surface area contributed by atoms with Gasteiger partial charge in [0.25, 0.3) is 0 Å². The average Bonchev–Trinajstić information content (AvgIpc) is 2.62. The molecule has 3 rings (SSSR count). The van der Waals surface area contributed by atoms with E-state index in [1.165, 1.54) is 11.8 Å². The second kappa shape index (κ2) is 8.81. The number of halogens is 2. The van der Waals surface area contributed by atoms with Crippen molar-refractivity contribution in [3.8, 4) is 0 Å². The molecule has 1 N–H and O–H groups in total. The van der Waals surface area contributed by atoms with E-state index < -0.39 is 0 Å². The Balaban J connectivity index is 1.66. The van der Waals surface area contributed by atoms with E-state index in [2.05, 4.69) is 10.2 Å². The van der Waals surface area contributed by atoms with Crippen LogP contribution in [-0.4, -0.2) is 38.0 Å². The Kier molecular flexibility index (Phi) is 6.48. The molecule has 7 heteroatoms. The van der Waals surface area contributed by atoms with E-state index in [9.17, 15) is 4.79 Å². The first-order valence-corrected chi connectivity index (χ1v) is 9.67. The van der Waals surface area contributed by atoms with Crippen molar-refractivity contribution < 1.29 is 9.53 Å². The largest absolute Gasteiger partial charge is 0.378 e. The number of nitrogens with one attached hydrogen (secondary N) is 1. The first kappa shape index (κ1) is 18.4. The fourth-order valence-corrected chi connectivity index (χ4v) is 3.71. The van der Waals surface area contributed by atoms with Crippen LogP contribution in [0.15, 0.2) is 47.4 Å². The van der Waals surface area contributed by atoms with Gasteiger partial charge in [-0.25, -0.2) is 0 Å². The molecule has 4 nitrogen and oxygen atoms in total. The van der Waals surface area contributed by atoms with Crippen LogP contribution in [0.5, 0.6) is 0 Å². The highest BCUT2D eigenvalue weighted by atomic mass is 35.5. The number of rotatable bonds is 5. The summed E-state index contributed by atoms with van der Waals surface area (Å²) in [5.41, 5.74) is 1.59. The minimum absolute atomic E-state index is 0.0725. The van der Waals surface area contributed by atoms with Crippen molar-refractivity contribution in [2.75, 3.05) is 42.3 Å². The second-order valence-electron chi connectivity index (χ2n) is 5.53.